The van der Waals surface area contributed by atoms with Gasteiger partial charge in [0, 0.05) is 12.6 Å². The number of carbonyl (C=O) groups excluding carboxylic acids is 1. The molecule has 1 aliphatic carbocycles. The van der Waals surface area contributed by atoms with E-state index in [4.69, 9.17) is 5.73 Å². The number of hydrogen-bond donors (Lipinski definition) is 2. The number of carbonyl (C=O) groups is 1. The van der Waals surface area contributed by atoms with Gasteiger partial charge in [0.2, 0.25) is 5.91 Å². The van der Waals surface area contributed by atoms with Gasteiger partial charge in [0.05, 0.1) is 17.9 Å². The minimum absolute atomic E-state index is 0.0264. The summed E-state index contributed by atoms with van der Waals surface area (Å²) in [5.41, 5.74) is 8.30. The topological polar surface area (TPSA) is 58.4 Å². The monoisotopic (exact) mass is 275 g/mol. The minimum Gasteiger partial charge on any atom is -0.397 e. The standard InChI is InChI=1S/C16H25N3O/c1-11(2)9-19(13-7-8-13)10-15(20)18-16-12(3)5-4-6-14(16)17/h4-6,11,13H,7-10,17H2,1-3H3,(H,18,20). The van der Waals surface area contributed by atoms with Crippen molar-refractivity contribution in [3.8, 4) is 0 Å². The zero-order chi connectivity index (χ0) is 14.7. The van der Waals surface area contributed by atoms with Crippen LogP contribution in [0.3, 0.4) is 0 Å². The Morgan fingerprint density at radius 2 is 2.15 bits per heavy atom. The fraction of sp³-hybridized carbons (Fsp3) is 0.562. The first-order chi connectivity index (χ1) is 9.47. The predicted octanol–water partition coefficient (Wildman–Crippen LogP) is 2.64. The number of hydrogen-bond acceptors (Lipinski definition) is 3. The van der Waals surface area contributed by atoms with Gasteiger partial charge >= 0.3 is 0 Å². The molecule has 0 aromatic heterocycles. The average Bonchev–Trinajstić information content (AvgIpc) is 3.17. The third kappa shape index (κ3) is 3.97. The summed E-state index contributed by atoms with van der Waals surface area (Å²) in [6.45, 7) is 7.76. The highest BCUT2D eigenvalue weighted by Gasteiger charge is 2.30. The molecule has 110 valence electrons. The molecule has 0 atom stereocenters. The molecular weight excluding hydrogens is 250 g/mol. The van der Waals surface area contributed by atoms with Gasteiger partial charge < -0.3 is 11.1 Å². The Morgan fingerprint density at radius 1 is 1.45 bits per heavy atom. The zero-order valence-electron chi connectivity index (χ0n) is 12.6. The molecule has 20 heavy (non-hydrogen) atoms. The maximum atomic E-state index is 12.2. The molecule has 1 aliphatic rings. The van der Waals surface area contributed by atoms with Crippen molar-refractivity contribution in [3.63, 3.8) is 0 Å². The van der Waals surface area contributed by atoms with Crippen LogP contribution in [0.15, 0.2) is 18.2 Å². The van der Waals surface area contributed by atoms with Crippen LogP contribution < -0.4 is 11.1 Å². The maximum Gasteiger partial charge on any atom is 0.238 e. The molecule has 1 aromatic rings. The highest BCUT2D eigenvalue weighted by molar-refractivity contribution is 5.96. The summed E-state index contributed by atoms with van der Waals surface area (Å²) in [5.74, 6) is 0.602. The number of nitrogen functional groups attached to an aromatic ring is 1. The molecule has 0 spiro atoms. The second-order valence-corrected chi connectivity index (χ2v) is 6.14. The van der Waals surface area contributed by atoms with Crippen molar-refractivity contribution in [2.24, 2.45) is 5.92 Å². The Hall–Kier alpha value is -1.55. The van der Waals surface area contributed by atoms with E-state index in [1.807, 2.05) is 25.1 Å². The van der Waals surface area contributed by atoms with Gasteiger partial charge in [-0.25, -0.2) is 0 Å². The van der Waals surface area contributed by atoms with Crippen molar-refractivity contribution in [3.05, 3.63) is 23.8 Å². The molecular formula is C16H25N3O. The summed E-state index contributed by atoms with van der Waals surface area (Å²) < 4.78 is 0. The van der Waals surface area contributed by atoms with E-state index in [-0.39, 0.29) is 5.91 Å². The number of aryl methyl sites for hydroxylation is 1. The van der Waals surface area contributed by atoms with E-state index >= 15 is 0 Å². The molecule has 1 fully saturated rings. The number of amides is 1. The Labute approximate surface area is 121 Å². The highest BCUT2D eigenvalue weighted by Crippen LogP contribution is 2.28. The first-order valence-corrected chi connectivity index (χ1v) is 7.36. The van der Waals surface area contributed by atoms with Crippen molar-refractivity contribution < 1.29 is 4.79 Å². The normalized spacial score (nSPS) is 14.8. The van der Waals surface area contributed by atoms with Crippen molar-refractivity contribution in [1.82, 2.24) is 4.90 Å². The van der Waals surface area contributed by atoms with Gasteiger partial charge in [-0.1, -0.05) is 26.0 Å². The average molecular weight is 275 g/mol. The third-order valence-electron chi connectivity index (χ3n) is 3.58. The van der Waals surface area contributed by atoms with Gasteiger partial charge in [-0.3, -0.25) is 9.69 Å². The fourth-order valence-corrected chi connectivity index (χ4v) is 2.48. The van der Waals surface area contributed by atoms with Crippen LogP contribution in [0, 0.1) is 12.8 Å². The van der Waals surface area contributed by atoms with Crippen LogP contribution in [0.5, 0.6) is 0 Å². The number of para-hydroxylation sites is 1. The minimum atomic E-state index is 0.0264. The first kappa shape index (κ1) is 14.9. The van der Waals surface area contributed by atoms with Gasteiger partial charge in [0.25, 0.3) is 0 Å². The van der Waals surface area contributed by atoms with Crippen molar-refractivity contribution in [2.75, 3.05) is 24.1 Å². The summed E-state index contributed by atoms with van der Waals surface area (Å²) >= 11 is 0. The zero-order valence-corrected chi connectivity index (χ0v) is 12.6. The molecule has 0 unspecified atom stereocenters. The summed E-state index contributed by atoms with van der Waals surface area (Å²) in [6, 6.07) is 6.27. The van der Waals surface area contributed by atoms with Crippen LogP contribution in [0.4, 0.5) is 11.4 Å². The van der Waals surface area contributed by atoms with Crippen molar-refractivity contribution >= 4 is 17.3 Å². The fourth-order valence-electron chi connectivity index (χ4n) is 2.48. The van der Waals surface area contributed by atoms with Crippen molar-refractivity contribution in [1.29, 1.82) is 0 Å². The van der Waals surface area contributed by atoms with Crippen LogP contribution in [0.1, 0.15) is 32.3 Å². The van der Waals surface area contributed by atoms with Crippen LogP contribution in [0.2, 0.25) is 0 Å². The maximum absolute atomic E-state index is 12.2. The van der Waals surface area contributed by atoms with E-state index in [9.17, 15) is 4.79 Å². The van der Waals surface area contributed by atoms with Gasteiger partial charge in [-0.2, -0.15) is 0 Å². The lowest BCUT2D eigenvalue weighted by molar-refractivity contribution is -0.117. The van der Waals surface area contributed by atoms with E-state index in [2.05, 4.69) is 24.1 Å². The van der Waals surface area contributed by atoms with Crippen LogP contribution in [-0.4, -0.2) is 29.9 Å². The number of nitrogens with one attached hydrogen (secondary N) is 1. The first-order valence-electron chi connectivity index (χ1n) is 7.36. The number of rotatable bonds is 6. The van der Waals surface area contributed by atoms with Crippen LogP contribution in [0.25, 0.3) is 0 Å². The lowest BCUT2D eigenvalue weighted by Gasteiger charge is -2.23. The molecule has 4 heteroatoms. The SMILES string of the molecule is Cc1cccc(N)c1NC(=O)CN(CC(C)C)C1CC1. The number of benzene rings is 1. The van der Waals surface area contributed by atoms with E-state index < -0.39 is 0 Å². The molecule has 3 N–H and O–H groups in total. The smallest absolute Gasteiger partial charge is 0.238 e. The molecule has 1 aromatic carbocycles. The summed E-state index contributed by atoms with van der Waals surface area (Å²) in [6.07, 6.45) is 2.43. The number of nitrogens with two attached hydrogens (primary N) is 1. The van der Waals surface area contributed by atoms with Crippen LogP contribution in [-0.2, 0) is 4.79 Å². The summed E-state index contributed by atoms with van der Waals surface area (Å²) in [4.78, 5) is 14.5. The van der Waals surface area contributed by atoms with Crippen LogP contribution >= 0.6 is 0 Å². The molecule has 0 radical (unpaired) electrons. The Bertz CT molecular complexity index is 460. The largest absolute Gasteiger partial charge is 0.397 e. The van der Waals surface area contributed by atoms with E-state index in [1.54, 1.807) is 0 Å². The molecule has 1 saturated carbocycles. The molecule has 0 heterocycles. The molecule has 0 saturated heterocycles. The summed E-state index contributed by atoms with van der Waals surface area (Å²) in [7, 11) is 0. The number of anilines is 2. The molecule has 0 aliphatic heterocycles. The molecule has 1 amide bonds. The second kappa shape index (κ2) is 6.27. The van der Waals surface area contributed by atoms with Gasteiger partial charge in [-0.15, -0.1) is 0 Å². The quantitative estimate of drug-likeness (QED) is 0.785. The Balaban J connectivity index is 1.97. The second-order valence-electron chi connectivity index (χ2n) is 6.14. The number of nitrogens with zero attached hydrogens (tertiary/aromatic N) is 1. The Kier molecular flexibility index (Phi) is 4.65. The molecule has 2 rings (SSSR count). The Morgan fingerprint density at radius 3 is 2.70 bits per heavy atom. The van der Waals surface area contributed by atoms with E-state index in [0.29, 0.717) is 24.2 Å². The van der Waals surface area contributed by atoms with Gasteiger partial charge in [0.15, 0.2) is 0 Å². The molecule has 4 nitrogen and oxygen atoms in total. The van der Waals surface area contributed by atoms with E-state index in [0.717, 1.165) is 17.8 Å². The van der Waals surface area contributed by atoms with Gasteiger partial charge in [0.1, 0.15) is 0 Å². The highest BCUT2D eigenvalue weighted by atomic mass is 16.2. The lowest BCUT2D eigenvalue weighted by atomic mass is 10.1. The predicted molar refractivity (Wildman–Crippen MR) is 83.7 cm³/mol. The lowest BCUT2D eigenvalue weighted by Crippen LogP contribution is -2.37. The summed E-state index contributed by atoms with van der Waals surface area (Å²) in [5, 5.41) is 2.96. The van der Waals surface area contributed by atoms with Gasteiger partial charge in [-0.05, 0) is 37.3 Å². The molecule has 0 bridgehead atoms. The third-order valence-corrected chi connectivity index (χ3v) is 3.58. The van der Waals surface area contributed by atoms with Crippen molar-refractivity contribution in [2.45, 2.75) is 39.7 Å². The van der Waals surface area contributed by atoms with E-state index in [1.165, 1.54) is 12.8 Å².